The van der Waals surface area contributed by atoms with Crippen LogP contribution in [0.25, 0.3) is 0 Å². The van der Waals surface area contributed by atoms with Gasteiger partial charge < -0.3 is 10.1 Å². The van der Waals surface area contributed by atoms with E-state index in [0.717, 1.165) is 11.1 Å². The van der Waals surface area contributed by atoms with Gasteiger partial charge in [-0.2, -0.15) is 0 Å². The number of benzene rings is 1. The molecule has 1 rings (SSSR count). The minimum atomic E-state index is -0.0718. The molecule has 0 aliphatic carbocycles. The van der Waals surface area contributed by atoms with Crippen LogP contribution in [-0.2, 0) is 22.7 Å². The van der Waals surface area contributed by atoms with Gasteiger partial charge in [0.15, 0.2) is 0 Å². The molecule has 0 fully saturated rings. The van der Waals surface area contributed by atoms with Crippen LogP contribution in [0.5, 0.6) is 0 Å². The molecule has 96 valence electrons. The van der Waals surface area contributed by atoms with Crippen LogP contribution in [0.15, 0.2) is 24.3 Å². The Bertz CT molecular complexity index is 424. The minimum absolute atomic E-state index is 0.0718. The second-order valence-electron chi connectivity index (χ2n) is 3.79. The highest BCUT2D eigenvalue weighted by molar-refractivity contribution is 5.78. The molecule has 18 heavy (non-hydrogen) atoms. The summed E-state index contributed by atoms with van der Waals surface area (Å²) >= 11 is 0. The Hall–Kier alpha value is -1.83. The number of nitrogens with one attached hydrogen (secondary N) is 2. The van der Waals surface area contributed by atoms with E-state index in [4.69, 9.17) is 11.2 Å². The van der Waals surface area contributed by atoms with Crippen LogP contribution in [-0.4, -0.2) is 26.1 Å². The number of rotatable bonds is 7. The van der Waals surface area contributed by atoms with Gasteiger partial charge in [-0.25, -0.2) is 0 Å². The Kier molecular flexibility index (Phi) is 6.55. The molecular weight excluding hydrogens is 228 g/mol. The fourth-order valence-corrected chi connectivity index (χ4v) is 1.53. The van der Waals surface area contributed by atoms with Gasteiger partial charge in [0.25, 0.3) is 0 Å². The number of ether oxygens (including phenoxy) is 1. The molecule has 0 spiro atoms. The third-order valence-corrected chi connectivity index (χ3v) is 2.41. The van der Waals surface area contributed by atoms with E-state index in [9.17, 15) is 4.79 Å². The fraction of sp³-hybridized carbons (Fsp3) is 0.357. The van der Waals surface area contributed by atoms with E-state index in [1.807, 2.05) is 24.3 Å². The second kappa shape index (κ2) is 8.29. The van der Waals surface area contributed by atoms with Crippen LogP contribution in [0, 0.1) is 12.3 Å². The zero-order valence-corrected chi connectivity index (χ0v) is 10.5. The number of terminal acetylenes is 1. The summed E-state index contributed by atoms with van der Waals surface area (Å²) in [6.07, 6.45) is 5.07. The number of hydrogen-bond acceptors (Lipinski definition) is 3. The first-order valence-corrected chi connectivity index (χ1v) is 5.74. The van der Waals surface area contributed by atoms with Crippen LogP contribution in [0.4, 0.5) is 0 Å². The van der Waals surface area contributed by atoms with Crippen molar-refractivity contribution < 1.29 is 9.53 Å². The van der Waals surface area contributed by atoms with E-state index < -0.39 is 0 Å². The number of hydrogen-bond donors (Lipinski definition) is 2. The zero-order valence-electron chi connectivity index (χ0n) is 10.5. The normalized spacial score (nSPS) is 9.78. The molecule has 2 N–H and O–H groups in total. The van der Waals surface area contributed by atoms with E-state index in [2.05, 4.69) is 16.6 Å². The molecule has 0 unspecified atom stereocenters. The van der Waals surface area contributed by atoms with E-state index >= 15 is 0 Å². The largest absolute Gasteiger partial charge is 0.380 e. The smallest absolute Gasteiger partial charge is 0.234 e. The van der Waals surface area contributed by atoms with Crippen molar-refractivity contribution in [1.82, 2.24) is 10.6 Å². The zero-order chi connectivity index (χ0) is 13.2. The predicted octanol–water partition coefficient (Wildman–Crippen LogP) is 0.672. The number of amides is 1. The van der Waals surface area contributed by atoms with Gasteiger partial charge in [0, 0.05) is 13.7 Å². The summed E-state index contributed by atoms with van der Waals surface area (Å²) in [5, 5.41) is 5.67. The quantitative estimate of drug-likeness (QED) is 0.549. The van der Waals surface area contributed by atoms with Crippen LogP contribution >= 0.6 is 0 Å². The molecule has 0 heterocycles. The van der Waals surface area contributed by atoms with E-state index in [-0.39, 0.29) is 12.5 Å². The molecule has 0 atom stereocenters. The molecule has 1 aromatic rings. The lowest BCUT2D eigenvalue weighted by molar-refractivity contribution is -0.120. The van der Waals surface area contributed by atoms with Gasteiger partial charge in [0.05, 0.1) is 19.7 Å². The Morgan fingerprint density at radius 2 is 2.11 bits per heavy atom. The lowest BCUT2D eigenvalue weighted by Gasteiger charge is -2.10. The standard InChI is InChI=1S/C14H18N2O2/c1-3-8-15-10-14(17)16-9-12-6-4-5-7-13(12)11-18-2/h1,4-7,15H,8-11H2,2H3,(H,16,17). The third kappa shape index (κ3) is 5.00. The van der Waals surface area contributed by atoms with Crippen molar-refractivity contribution in [2.24, 2.45) is 0 Å². The Morgan fingerprint density at radius 1 is 1.39 bits per heavy atom. The topological polar surface area (TPSA) is 50.4 Å². The minimum Gasteiger partial charge on any atom is -0.380 e. The summed E-state index contributed by atoms with van der Waals surface area (Å²) in [5.41, 5.74) is 2.14. The second-order valence-corrected chi connectivity index (χ2v) is 3.79. The number of methoxy groups -OCH3 is 1. The Morgan fingerprint density at radius 3 is 2.78 bits per heavy atom. The molecular formula is C14H18N2O2. The maximum absolute atomic E-state index is 11.5. The Labute approximate surface area is 108 Å². The predicted molar refractivity (Wildman–Crippen MR) is 70.7 cm³/mol. The highest BCUT2D eigenvalue weighted by Gasteiger charge is 2.04. The first kappa shape index (κ1) is 14.2. The average Bonchev–Trinajstić information content (AvgIpc) is 2.38. The van der Waals surface area contributed by atoms with Gasteiger partial charge in [-0.05, 0) is 11.1 Å². The van der Waals surface area contributed by atoms with Crippen molar-refractivity contribution in [2.45, 2.75) is 13.2 Å². The van der Waals surface area contributed by atoms with Crippen molar-refractivity contribution in [3.8, 4) is 12.3 Å². The van der Waals surface area contributed by atoms with Gasteiger partial charge in [-0.1, -0.05) is 30.2 Å². The maximum atomic E-state index is 11.5. The van der Waals surface area contributed by atoms with Crippen molar-refractivity contribution >= 4 is 5.91 Å². The molecule has 0 bridgehead atoms. The molecule has 0 aliphatic heterocycles. The molecule has 0 aromatic heterocycles. The van der Waals surface area contributed by atoms with Gasteiger partial charge in [0.1, 0.15) is 0 Å². The van der Waals surface area contributed by atoms with E-state index in [0.29, 0.717) is 19.7 Å². The first-order valence-electron chi connectivity index (χ1n) is 5.74. The van der Waals surface area contributed by atoms with E-state index in [1.54, 1.807) is 7.11 Å². The lowest BCUT2D eigenvalue weighted by atomic mass is 10.1. The van der Waals surface area contributed by atoms with Gasteiger partial charge >= 0.3 is 0 Å². The lowest BCUT2D eigenvalue weighted by Crippen LogP contribution is -2.33. The SMILES string of the molecule is C#CCNCC(=O)NCc1ccccc1COC. The molecule has 0 aliphatic rings. The maximum Gasteiger partial charge on any atom is 0.234 e. The van der Waals surface area contributed by atoms with Gasteiger partial charge in [-0.15, -0.1) is 6.42 Å². The summed E-state index contributed by atoms with van der Waals surface area (Å²) in [6.45, 7) is 1.67. The van der Waals surface area contributed by atoms with Gasteiger partial charge in [-0.3, -0.25) is 10.1 Å². The fourth-order valence-electron chi connectivity index (χ4n) is 1.53. The third-order valence-electron chi connectivity index (χ3n) is 2.41. The molecule has 0 saturated heterocycles. The summed E-state index contributed by atoms with van der Waals surface area (Å²) in [4.78, 5) is 11.5. The molecule has 0 radical (unpaired) electrons. The number of carbonyl (C=O) groups excluding carboxylic acids is 1. The molecule has 1 amide bonds. The van der Waals surface area contributed by atoms with Gasteiger partial charge in [0.2, 0.25) is 5.91 Å². The molecule has 4 heteroatoms. The summed E-state index contributed by atoms with van der Waals surface area (Å²) in [5.74, 6) is 2.34. The monoisotopic (exact) mass is 246 g/mol. The van der Waals surface area contributed by atoms with E-state index in [1.165, 1.54) is 0 Å². The highest BCUT2D eigenvalue weighted by Crippen LogP contribution is 2.09. The summed E-state index contributed by atoms with van der Waals surface area (Å²) in [7, 11) is 1.65. The van der Waals surface area contributed by atoms with Crippen LogP contribution in [0.1, 0.15) is 11.1 Å². The highest BCUT2D eigenvalue weighted by atomic mass is 16.5. The molecule has 0 saturated carbocycles. The Balaban J connectivity index is 2.43. The van der Waals surface area contributed by atoms with Crippen LogP contribution in [0.3, 0.4) is 0 Å². The molecule has 1 aromatic carbocycles. The van der Waals surface area contributed by atoms with Crippen molar-refractivity contribution in [3.63, 3.8) is 0 Å². The number of carbonyl (C=O) groups is 1. The van der Waals surface area contributed by atoms with Crippen LogP contribution < -0.4 is 10.6 Å². The average molecular weight is 246 g/mol. The van der Waals surface area contributed by atoms with Crippen molar-refractivity contribution in [3.05, 3.63) is 35.4 Å². The van der Waals surface area contributed by atoms with Crippen molar-refractivity contribution in [2.75, 3.05) is 20.2 Å². The summed E-state index contributed by atoms with van der Waals surface area (Å²) in [6, 6.07) is 7.86. The first-order chi connectivity index (χ1) is 8.77. The van der Waals surface area contributed by atoms with Crippen LogP contribution in [0.2, 0.25) is 0 Å². The molecule has 4 nitrogen and oxygen atoms in total. The van der Waals surface area contributed by atoms with Crippen molar-refractivity contribution in [1.29, 1.82) is 0 Å². The summed E-state index contributed by atoms with van der Waals surface area (Å²) < 4.78 is 5.11.